The minimum atomic E-state index is -0.227. The number of carbonyl (C=O) groups is 1. The maximum atomic E-state index is 12.7. The van der Waals surface area contributed by atoms with Crippen molar-refractivity contribution in [1.29, 1.82) is 0 Å². The number of rotatable bonds is 6. The molecule has 0 aliphatic carbocycles. The Morgan fingerprint density at radius 3 is 2.59 bits per heavy atom. The highest BCUT2D eigenvalue weighted by Crippen LogP contribution is 2.21. The predicted octanol–water partition coefficient (Wildman–Crippen LogP) is 3.85. The minimum absolute atomic E-state index is 0.227. The second kappa shape index (κ2) is 8.50. The molecular weight excluding hydrogens is 358 g/mol. The maximum Gasteiger partial charge on any atom is 0.279 e. The third kappa shape index (κ3) is 4.28. The zero-order valence-corrected chi connectivity index (χ0v) is 17.0. The van der Waals surface area contributed by atoms with Crippen LogP contribution in [0.3, 0.4) is 0 Å². The van der Waals surface area contributed by atoms with E-state index in [1.54, 1.807) is 0 Å². The van der Waals surface area contributed by atoms with Crippen LogP contribution >= 0.6 is 11.3 Å². The van der Waals surface area contributed by atoms with E-state index >= 15 is 0 Å². The van der Waals surface area contributed by atoms with E-state index in [1.165, 1.54) is 16.9 Å². The molecule has 0 bridgehead atoms. The van der Waals surface area contributed by atoms with Gasteiger partial charge in [0.05, 0.1) is 16.8 Å². The van der Waals surface area contributed by atoms with Crippen molar-refractivity contribution in [2.45, 2.75) is 20.4 Å². The first-order valence-corrected chi connectivity index (χ1v) is 9.86. The molecule has 0 fully saturated rings. The summed E-state index contributed by atoms with van der Waals surface area (Å²) in [5, 5.41) is 0. The average molecular weight is 384 g/mol. The Kier molecular flexibility index (Phi) is 6.08. The number of carbonyl (C=O) groups excluding carboxylic acids is 1. The smallest absolute Gasteiger partial charge is 0.279 e. The summed E-state index contributed by atoms with van der Waals surface area (Å²) >= 11 is 1.54. The fourth-order valence-electron chi connectivity index (χ4n) is 2.95. The molecule has 2 aromatic carbocycles. The van der Waals surface area contributed by atoms with Gasteiger partial charge in [0.25, 0.3) is 5.91 Å². The molecule has 3 rings (SSSR count). The molecule has 142 valence electrons. The highest BCUT2D eigenvalue weighted by Gasteiger charge is 2.11. The lowest BCUT2D eigenvalue weighted by molar-refractivity contribution is 0.0996. The first-order valence-electron chi connectivity index (χ1n) is 9.04. The number of anilines is 1. The molecule has 0 N–H and O–H groups in total. The van der Waals surface area contributed by atoms with E-state index in [9.17, 15) is 4.79 Å². The predicted molar refractivity (Wildman–Crippen MR) is 112 cm³/mol. The lowest BCUT2D eigenvalue weighted by Crippen LogP contribution is -2.20. The third-order valence-electron chi connectivity index (χ3n) is 4.39. The number of para-hydroxylation sites is 1. The topological polar surface area (TPSA) is 46.8 Å². The van der Waals surface area contributed by atoms with Gasteiger partial charge in [-0.25, -0.2) is 0 Å². The van der Waals surface area contributed by atoms with Crippen molar-refractivity contribution in [3.8, 4) is 0 Å². The van der Waals surface area contributed by atoms with Crippen LogP contribution < -0.4 is 9.70 Å². The van der Waals surface area contributed by atoms with Crippen LogP contribution in [0.4, 0.5) is 5.69 Å². The Bertz CT molecular complexity index is 1000. The third-order valence-corrected chi connectivity index (χ3v) is 5.44. The molecule has 1 heterocycles. The van der Waals surface area contributed by atoms with E-state index in [2.05, 4.69) is 28.6 Å². The molecule has 0 spiro atoms. The summed E-state index contributed by atoms with van der Waals surface area (Å²) < 4.78 is 8.75. The van der Waals surface area contributed by atoms with Crippen LogP contribution in [-0.2, 0) is 11.3 Å². The van der Waals surface area contributed by atoms with Crippen molar-refractivity contribution in [2.24, 2.45) is 4.99 Å². The second-order valence-corrected chi connectivity index (χ2v) is 7.52. The van der Waals surface area contributed by atoms with Gasteiger partial charge < -0.3 is 14.2 Å². The molecular formula is C21H25N3O2S. The Labute approximate surface area is 163 Å². The summed E-state index contributed by atoms with van der Waals surface area (Å²) in [7, 11) is 3.95. The largest absolute Gasteiger partial charge is 0.380 e. The number of amides is 1. The minimum Gasteiger partial charge on any atom is -0.380 e. The van der Waals surface area contributed by atoms with Crippen molar-refractivity contribution in [2.75, 3.05) is 32.2 Å². The van der Waals surface area contributed by atoms with E-state index < -0.39 is 0 Å². The summed E-state index contributed by atoms with van der Waals surface area (Å²) in [6.07, 6.45) is 0. The van der Waals surface area contributed by atoms with Crippen LogP contribution in [0, 0.1) is 6.92 Å². The molecule has 0 aliphatic rings. The SMILES string of the molecule is CCOCCn1c(=NC(=O)c2ccc(N(C)C)cc2)sc2cccc(C)c21. The monoisotopic (exact) mass is 383 g/mol. The van der Waals surface area contributed by atoms with Crippen molar-refractivity contribution in [3.05, 3.63) is 58.4 Å². The van der Waals surface area contributed by atoms with E-state index in [0.717, 1.165) is 15.9 Å². The molecule has 0 saturated carbocycles. The zero-order valence-electron chi connectivity index (χ0n) is 16.2. The first kappa shape index (κ1) is 19.3. The van der Waals surface area contributed by atoms with Crippen LogP contribution in [0.25, 0.3) is 10.2 Å². The second-order valence-electron chi connectivity index (χ2n) is 6.51. The normalized spacial score (nSPS) is 11.9. The quantitative estimate of drug-likeness (QED) is 0.608. The summed E-state index contributed by atoms with van der Waals surface area (Å²) in [5.74, 6) is -0.227. The van der Waals surface area contributed by atoms with Gasteiger partial charge in [-0.3, -0.25) is 4.79 Å². The van der Waals surface area contributed by atoms with Crippen LogP contribution in [0.1, 0.15) is 22.8 Å². The average Bonchev–Trinajstić information content (AvgIpc) is 3.00. The Balaban J connectivity index is 2.02. The van der Waals surface area contributed by atoms with Gasteiger partial charge in [-0.2, -0.15) is 4.99 Å². The van der Waals surface area contributed by atoms with E-state index in [-0.39, 0.29) is 5.91 Å². The fourth-order valence-corrected chi connectivity index (χ4v) is 4.09. The molecule has 5 nitrogen and oxygen atoms in total. The lowest BCUT2D eigenvalue weighted by atomic mass is 10.2. The van der Waals surface area contributed by atoms with Gasteiger partial charge in [0.1, 0.15) is 0 Å². The summed E-state index contributed by atoms with van der Waals surface area (Å²) in [4.78, 5) is 19.9. The Hall–Kier alpha value is -2.44. The van der Waals surface area contributed by atoms with E-state index in [4.69, 9.17) is 4.74 Å². The zero-order chi connectivity index (χ0) is 19.4. The van der Waals surface area contributed by atoms with Gasteiger partial charge in [0.15, 0.2) is 4.80 Å². The highest BCUT2D eigenvalue weighted by molar-refractivity contribution is 7.16. The number of thiazole rings is 1. The van der Waals surface area contributed by atoms with Gasteiger partial charge in [-0.05, 0) is 49.7 Å². The number of ether oxygens (including phenoxy) is 1. The van der Waals surface area contributed by atoms with Crippen LogP contribution in [-0.4, -0.2) is 37.8 Å². The molecule has 3 aromatic rings. The van der Waals surface area contributed by atoms with Crippen molar-refractivity contribution in [1.82, 2.24) is 4.57 Å². The molecule has 0 atom stereocenters. The summed E-state index contributed by atoms with van der Waals surface area (Å²) in [5.41, 5.74) is 3.93. The van der Waals surface area contributed by atoms with Gasteiger partial charge in [-0.1, -0.05) is 23.5 Å². The number of hydrogen-bond acceptors (Lipinski definition) is 4. The molecule has 1 aromatic heterocycles. The number of aryl methyl sites for hydroxylation is 1. The van der Waals surface area contributed by atoms with Gasteiger partial charge in [-0.15, -0.1) is 0 Å². The van der Waals surface area contributed by atoms with Crippen LogP contribution in [0.5, 0.6) is 0 Å². The van der Waals surface area contributed by atoms with E-state index in [1.807, 2.05) is 56.3 Å². The highest BCUT2D eigenvalue weighted by atomic mass is 32.1. The molecule has 0 aliphatic heterocycles. The standard InChI is InChI=1S/C21H25N3O2S/c1-5-26-14-13-24-19-15(2)7-6-8-18(19)27-21(24)22-20(25)16-9-11-17(12-10-16)23(3)4/h6-12H,5,13-14H2,1-4H3. The van der Waals surface area contributed by atoms with E-state index in [0.29, 0.717) is 30.1 Å². The van der Waals surface area contributed by atoms with Crippen LogP contribution in [0.15, 0.2) is 47.5 Å². The summed E-state index contributed by atoms with van der Waals surface area (Å²) in [6, 6.07) is 13.7. The van der Waals surface area contributed by atoms with Crippen molar-refractivity contribution in [3.63, 3.8) is 0 Å². The molecule has 27 heavy (non-hydrogen) atoms. The molecule has 0 unspecified atom stereocenters. The fraction of sp³-hybridized carbons (Fsp3) is 0.333. The molecule has 6 heteroatoms. The molecule has 0 radical (unpaired) electrons. The molecule has 1 amide bonds. The van der Waals surface area contributed by atoms with Crippen molar-refractivity contribution >= 4 is 33.1 Å². The number of hydrogen-bond donors (Lipinski definition) is 0. The Morgan fingerprint density at radius 2 is 1.93 bits per heavy atom. The van der Waals surface area contributed by atoms with Crippen LogP contribution in [0.2, 0.25) is 0 Å². The van der Waals surface area contributed by atoms with Gasteiger partial charge >= 0.3 is 0 Å². The first-order chi connectivity index (χ1) is 13.0. The van der Waals surface area contributed by atoms with Crippen molar-refractivity contribution < 1.29 is 9.53 Å². The number of benzene rings is 2. The number of nitrogens with zero attached hydrogens (tertiary/aromatic N) is 3. The lowest BCUT2D eigenvalue weighted by Gasteiger charge is -2.11. The number of aromatic nitrogens is 1. The molecule has 0 saturated heterocycles. The number of fused-ring (bicyclic) bond motifs is 1. The van der Waals surface area contributed by atoms with Gasteiger partial charge in [0, 0.05) is 38.5 Å². The summed E-state index contributed by atoms with van der Waals surface area (Å²) in [6.45, 7) is 6.00. The van der Waals surface area contributed by atoms with Gasteiger partial charge in [0.2, 0.25) is 0 Å². The maximum absolute atomic E-state index is 12.7. The Morgan fingerprint density at radius 1 is 1.19 bits per heavy atom.